The SMILES string of the molecule is NCC(O)CS(=O)C1CCCC1. The second-order valence-electron chi connectivity index (χ2n) is 3.34. The normalized spacial score (nSPS) is 24.2. The van der Waals surface area contributed by atoms with Gasteiger partial charge in [-0.1, -0.05) is 12.8 Å². The van der Waals surface area contributed by atoms with Crippen LogP contribution in [0, 0.1) is 0 Å². The Hall–Kier alpha value is 0.0700. The highest BCUT2D eigenvalue weighted by atomic mass is 32.2. The van der Waals surface area contributed by atoms with Crippen molar-refractivity contribution in [3.05, 3.63) is 0 Å². The molecule has 0 bridgehead atoms. The molecule has 2 atom stereocenters. The summed E-state index contributed by atoms with van der Waals surface area (Å²) in [5.41, 5.74) is 5.23. The van der Waals surface area contributed by atoms with Gasteiger partial charge in [0.05, 0.1) is 11.9 Å². The van der Waals surface area contributed by atoms with Crippen LogP contribution < -0.4 is 5.73 Å². The Morgan fingerprint density at radius 2 is 2.08 bits per heavy atom. The first-order chi connectivity index (χ1) is 5.74. The van der Waals surface area contributed by atoms with Crippen LogP contribution in [0.5, 0.6) is 0 Å². The molecule has 1 aliphatic rings. The molecular formula is C8H17NO2S. The molecule has 72 valence electrons. The summed E-state index contributed by atoms with van der Waals surface area (Å²) in [6, 6.07) is 0. The van der Waals surface area contributed by atoms with Gasteiger partial charge in [0.2, 0.25) is 0 Å². The monoisotopic (exact) mass is 191 g/mol. The van der Waals surface area contributed by atoms with Gasteiger partial charge in [-0.15, -0.1) is 0 Å². The lowest BCUT2D eigenvalue weighted by molar-refractivity contribution is 0.206. The lowest BCUT2D eigenvalue weighted by Gasteiger charge is -2.11. The summed E-state index contributed by atoms with van der Waals surface area (Å²) in [5.74, 6) is 0.362. The summed E-state index contributed by atoms with van der Waals surface area (Å²) in [4.78, 5) is 0. The third-order valence-corrected chi connectivity index (χ3v) is 4.23. The number of rotatable bonds is 4. The van der Waals surface area contributed by atoms with Gasteiger partial charge in [-0.2, -0.15) is 0 Å². The molecule has 12 heavy (non-hydrogen) atoms. The molecule has 0 heterocycles. The van der Waals surface area contributed by atoms with E-state index in [9.17, 15) is 9.32 Å². The molecular weight excluding hydrogens is 174 g/mol. The van der Waals surface area contributed by atoms with Gasteiger partial charge in [0.1, 0.15) is 0 Å². The number of aliphatic hydroxyl groups is 1. The van der Waals surface area contributed by atoms with E-state index in [0.29, 0.717) is 11.0 Å². The van der Waals surface area contributed by atoms with Gasteiger partial charge in [0.15, 0.2) is 0 Å². The maximum atomic E-state index is 11.5. The van der Waals surface area contributed by atoms with Gasteiger partial charge in [0, 0.05) is 22.6 Å². The Kier molecular flexibility index (Phi) is 4.18. The van der Waals surface area contributed by atoms with E-state index in [1.807, 2.05) is 0 Å². The molecule has 0 amide bonds. The highest BCUT2D eigenvalue weighted by Crippen LogP contribution is 2.23. The quantitative estimate of drug-likeness (QED) is 0.657. The van der Waals surface area contributed by atoms with Crippen molar-refractivity contribution in [3.8, 4) is 0 Å². The van der Waals surface area contributed by atoms with Gasteiger partial charge in [-0.25, -0.2) is 0 Å². The average Bonchev–Trinajstić information content (AvgIpc) is 2.56. The maximum Gasteiger partial charge on any atom is 0.0777 e. The van der Waals surface area contributed by atoms with Gasteiger partial charge in [-0.05, 0) is 12.8 Å². The predicted octanol–water partition coefficient (Wildman–Crippen LogP) is -0.00270. The van der Waals surface area contributed by atoms with Crippen LogP contribution in [0.3, 0.4) is 0 Å². The molecule has 0 aliphatic heterocycles. The van der Waals surface area contributed by atoms with E-state index in [4.69, 9.17) is 5.73 Å². The third-order valence-electron chi connectivity index (χ3n) is 2.30. The Bertz CT molecular complexity index is 157. The van der Waals surface area contributed by atoms with Crippen molar-refractivity contribution >= 4 is 10.8 Å². The van der Waals surface area contributed by atoms with E-state index >= 15 is 0 Å². The number of nitrogens with two attached hydrogens (primary N) is 1. The number of aliphatic hydroxyl groups excluding tert-OH is 1. The Balaban J connectivity index is 2.27. The summed E-state index contributed by atoms with van der Waals surface area (Å²) in [7, 11) is -0.855. The molecule has 3 N–H and O–H groups in total. The van der Waals surface area contributed by atoms with Gasteiger partial charge < -0.3 is 10.8 Å². The zero-order valence-electron chi connectivity index (χ0n) is 7.24. The largest absolute Gasteiger partial charge is 0.391 e. The first-order valence-electron chi connectivity index (χ1n) is 4.49. The van der Waals surface area contributed by atoms with E-state index in [1.165, 1.54) is 12.8 Å². The Morgan fingerprint density at radius 1 is 1.50 bits per heavy atom. The molecule has 1 saturated carbocycles. The zero-order chi connectivity index (χ0) is 8.97. The molecule has 0 aromatic rings. The van der Waals surface area contributed by atoms with Gasteiger partial charge in [-0.3, -0.25) is 4.21 Å². The summed E-state index contributed by atoms with van der Waals surface area (Å²) >= 11 is 0. The molecule has 3 nitrogen and oxygen atoms in total. The maximum absolute atomic E-state index is 11.5. The van der Waals surface area contributed by atoms with Crippen molar-refractivity contribution in [1.29, 1.82) is 0 Å². The predicted molar refractivity (Wildman–Crippen MR) is 50.3 cm³/mol. The highest BCUT2D eigenvalue weighted by Gasteiger charge is 2.22. The molecule has 1 rings (SSSR count). The van der Waals surface area contributed by atoms with Crippen LogP contribution >= 0.6 is 0 Å². The highest BCUT2D eigenvalue weighted by molar-refractivity contribution is 7.85. The summed E-state index contributed by atoms with van der Waals surface area (Å²) < 4.78 is 11.5. The van der Waals surface area contributed by atoms with Crippen LogP contribution in [0.2, 0.25) is 0 Å². The molecule has 0 saturated heterocycles. The summed E-state index contributed by atoms with van der Waals surface area (Å²) in [6.07, 6.45) is 3.92. The Morgan fingerprint density at radius 3 is 2.58 bits per heavy atom. The first kappa shape index (κ1) is 10.2. The summed E-state index contributed by atoms with van der Waals surface area (Å²) in [6.45, 7) is 0.221. The molecule has 4 heteroatoms. The van der Waals surface area contributed by atoms with Crippen LogP contribution in [0.15, 0.2) is 0 Å². The van der Waals surface area contributed by atoms with Crippen LogP contribution in [-0.2, 0) is 10.8 Å². The fraction of sp³-hybridized carbons (Fsp3) is 1.00. The second kappa shape index (κ2) is 4.94. The lowest BCUT2D eigenvalue weighted by atomic mass is 10.4. The van der Waals surface area contributed by atoms with E-state index in [-0.39, 0.29) is 6.54 Å². The zero-order valence-corrected chi connectivity index (χ0v) is 8.05. The van der Waals surface area contributed by atoms with E-state index in [0.717, 1.165) is 12.8 Å². The molecule has 2 unspecified atom stereocenters. The van der Waals surface area contributed by atoms with E-state index in [2.05, 4.69) is 0 Å². The van der Waals surface area contributed by atoms with Crippen LogP contribution in [0.1, 0.15) is 25.7 Å². The third kappa shape index (κ3) is 2.84. The number of hydrogen-bond acceptors (Lipinski definition) is 3. The van der Waals surface area contributed by atoms with Crippen LogP contribution in [-0.4, -0.2) is 33.0 Å². The molecule has 1 fully saturated rings. The van der Waals surface area contributed by atoms with Crippen molar-refractivity contribution in [2.24, 2.45) is 5.73 Å². The molecule has 0 aromatic carbocycles. The van der Waals surface area contributed by atoms with Crippen molar-refractivity contribution in [2.45, 2.75) is 37.0 Å². The van der Waals surface area contributed by atoms with Crippen molar-refractivity contribution < 1.29 is 9.32 Å². The van der Waals surface area contributed by atoms with E-state index < -0.39 is 16.9 Å². The average molecular weight is 191 g/mol. The fourth-order valence-corrected chi connectivity index (χ4v) is 3.19. The summed E-state index contributed by atoms with van der Waals surface area (Å²) in [5, 5.41) is 9.50. The van der Waals surface area contributed by atoms with Crippen LogP contribution in [0.25, 0.3) is 0 Å². The minimum Gasteiger partial charge on any atom is -0.391 e. The molecule has 1 aliphatic carbocycles. The topological polar surface area (TPSA) is 63.3 Å². The van der Waals surface area contributed by atoms with Crippen molar-refractivity contribution in [2.75, 3.05) is 12.3 Å². The fourth-order valence-electron chi connectivity index (χ4n) is 1.54. The smallest absolute Gasteiger partial charge is 0.0777 e. The minimum atomic E-state index is -0.855. The lowest BCUT2D eigenvalue weighted by Crippen LogP contribution is -2.29. The minimum absolute atomic E-state index is 0.221. The molecule has 0 radical (unpaired) electrons. The van der Waals surface area contributed by atoms with Gasteiger partial charge >= 0.3 is 0 Å². The molecule has 0 spiro atoms. The van der Waals surface area contributed by atoms with Crippen molar-refractivity contribution in [3.63, 3.8) is 0 Å². The van der Waals surface area contributed by atoms with Crippen LogP contribution in [0.4, 0.5) is 0 Å². The second-order valence-corrected chi connectivity index (χ2v) is 5.10. The standard InChI is InChI=1S/C8H17NO2S/c9-5-7(10)6-12(11)8-3-1-2-4-8/h7-8,10H,1-6,9H2. The van der Waals surface area contributed by atoms with Gasteiger partial charge in [0.25, 0.3) is 0 Å². The van der Waals surface area contributed by atoms with E-state index in [1.54, 1.807) is 0 Å². The van der Waals surface area contributed by atoms with Crippen molar-refractivity contribution in [1.82, 2.24) is 0 Å². The molecule has 0 aromatic heterocycles. The first-order valence-corrected chi connectivity index (χ1v) is 5.87. The number of hydrogen-bond donors (Lipinski definition) is 2. The Labute approximate surface area is 75.8 Å².